The highest BCUT2D eigenvalue weighted by atomic mass is 16.1. The lowest BCUT2D eigenvalue weighted by Crippen LogP contribution is -2.27. The van der Waals surface area contributed by atoms with Crippen LogP contribution in [0, 0.1) is 0 Å². The molecule has 2 N–H and O–H groups in total. The molecule has 7 heteroatoms. The number of rotatable bonds is 4. The lowest BCUT2D eigenvalue weighted by Gasteiger charge is -2.11. The van der Waals surface area contributed by atoms with Gasteiger partial charge in [0.2, 0.25) is 0 Å². The first-order valence-electron chi connectivity index (χ1n) is 6.51. The monoisotopic (exact) mass is 282 g/mol. The van der Waals surface area contributed by atoms with E-state index in [4.69, 9.17) is 0 Å². The third kappa shape index (κ3) is 2.81. The second-order valence-electron chi connectivity index (χ2n) is 4.61. The van der Waals surface area contributed by atoms with Crippen molar-refractivity contribution < 1.29 is 4.79 Å². The molecule has 0 radical (unpaired) electrons. The second kappa shape index (κ2) is 5.58. The van der Waals surface area contributed by atoms with Crippen LogP contribution in [0.25, 0.3) is 5.69 Å². The second-order valence-corrected chi connectivity index (χ2v) is 4.61. The van der Waals surface area contributed by atoms with Crippen molar-refractivity contribution in [3.8, 4) is 5.69 Å². The highest BCUT2D eigenvalue weighted by Gasteiger charge is 2.15. The lowest BCUT2D eigenvalue weighted by atomic mass is 10.1. The molecule has 0 bridgehead atoms. The third-order valence-electron chi connectivity index (χ3n) is 3.11. The van der Waals surface area contributed by atoms with Crippen LogP contribution in [0.15, 0.2) is 48.8 Å². The van der Waals surface area contributed by atoms with Crippen LogP contribution in [0.1, 0.15) is 29.1 Å². The van der Waals surface area contributed by atoms with Crippen molar-refractivity contribution in [2.24, 2.45) is 0 Å². The van der Waals surface area contributed by atoms with Crippen LogP contribution in [-0.4, -0.2) is 31.1 Å². The molecule has 0 aliphatic carbocycles. The number of carbonyl (C=O) groups is 1. The SMILES string of the molecule is CC(NC(=O)c1cccc(-n2cccc2)c1)c1nn[nH]n1. The molecular weight excluding hydrogens is 268 g/mol. The van der Waals surface area contributed by atoms with Crippen molar-refractivity contribution in [2.75, 3.05) is 0 Å². The molecular formula is C14H14N6O. The van der Waals surface area contributed by atoms with Gasteiger partial charge >= 0.3 is 0 Å². The summed E-state index contributed by atoms with van der Waals surface area (Å²) in [6.45, 7) is 1.80. The van der Waals surface area contributed by atoms with E-state index in [1.807, 2.05) is 47.3 Å². The normalized spacial score (nSPS) is 12.0. The molecule has 0 saturated carbocycles. The number of carbonyl (C=O) groups excluding carboxylic acids is 1. The first-order valence-corrected chi connectivity index (χ1v) is 6.51. The third-order valence-corrected chi connectivity index (χ3v) is 3.11. The Morgan fingerprint density at radius 3 is 2.81 bits per heavy atom. The quantitative estimate of drug-likeness (QED) is 0.758. The maximum atomic E-state index is 12.3. The minimum absolute atomic E-state index is 0.179. The largest absolute Gasteiger partial charge is 0.342 e. The van der Waals surface area contributed by atoms with E-state index in [2.05, 4.69) is 25.9 Å². The van der Waals surface area contributed by atoms with Gasteiger partial charge in [-0.3, -0.25) is 4.79 Å². The molecule has 1 unspecified atom stereocenters. The molecule has 0 saturated heterocycles. The topological polar surface area (TPSA) is 88.5 Å². The number of aromatic nitrogens is 5. The van der Waals surface area contributed by atoms with Gasteiger partial charge in [0.05, 0.1) is 6.04 Å². The van der Waals surface area contributed by atoms with Gasteiger partial charge in [0.15, 0.2) is 5.82 Å². The summed E-state index contributed by atoms with van der Waals surface area (Å²) in [5.74, 6) is 0.270. The number of H-pyrrole nitrogens is 1. The Labute approximate surface area is 121 Å². The zero-order valence-corrected chi connectivity index (χ0v) is 11.4. The summed E-state index contributed by atoms with van der Waals surface area (Å²) in [7, 11) is 0. The van der Waals surface area contributed by atoms with Crippen molar-refractivity contribution in [3.63, 3.8) is 0 Å². The predicted octanol–water partition coefficient (Wildman–Crippen LogP) is 1.48. The standard InChI is InChI=1S/C14H14N6O/c1-10(13-16-18-19-17-13)15-14(21)11-5-4-6-12(9-11)20-7-2-3-8-20/h2-10H,1H3,(H,15,21)(H,16,17,18,19). The molecule has 3 aromatic rings. The van der Waals surface area contributed by atoms with E-state index in [0.717, 1.165) is 5.69 Å². The summed E-state index contributed by atoms with van der Waals surface area (Å²) in [4.78, 5) is 12.3. The molecule has 106 valence electrons. The Hall–Kier alpha value is -2.96. The Balaban J connectivity index is 1.77. The summed E-state index contributed by atoms with van der Waals surface area (Å²) in [6.07, 6.45) is 3.86. The minimum Gasteiger partial charge on any atom is -0.342 e. The van der Waals surface area contributed by atoms with Crippen LogP contribution in [0.4, 0.5) is 0 Å². The van der Waals surface area contributed by atoms with Gasteiger partial charge in [0.1, 0.15) is 0 Å². The van der Waals surface area contributed by atoms with Gasteiger partial charge in [-0.15, -0.1) is 10.2 Å². The highest BCUT2D eigenvalue weighted by Crippen LogP contribution is 2.12. The smallest absolute Gasteiger partial charge is 0.251 e. The first-order chi connectivity index (χ1) is 10.2. The molecule has 1 amide bonds. The number of tetrazole rings is 1. The van der Waals surface area contributed by atoms with Crippen molar-refractivity contribution >= 4 is 5.91 Å². The Bertz CT molecular complexity index is 720. The van der Waals surface area contributed by atoms with Gasteiger partial charge in [0.25, 0.3) is 5.91 Å². The van der Waals surface area contributed by atoms with Gasteiger partial charge in [-0.2, -0.15) is 5.21 Å². The van der Waals surface area contributed by atoms with E-state index in [0.29, 0.717) is 11.4 Å². The average Bonchev–Trinajstić information content (AvgIpc) is 3.20. The molecule has 2 aromatic heterocycles. The fraction of sp³-hybridized carbons (Fsp3) is 0.143. The van der Waals surface area contributed by atoms with Gasteiger partial charge < -0.3 is 9.88 Å². The summed E-state index contributed by atoms with van der Waals surface area (Å²) < 4.78 is 1.94. The van der Waals surface area contributed by atoms with E-state index in [-0.39, 0.29) is 11.9 Å². The predicted molar refractivity (Wildman–Crippen MR) is 75.8 cm³/mol. The van der Waals surface area contributed by atoms with Crippen LogP contribution in [0.5, 0.6) is 0 Å². The number of nitrogens with one attached hydrogen (secondary N) is 2. The van der Waals surface area contributed by atoms with Gasteiger partial charge in [-0.25, -0.2) is 0 Å². The molecule has 1 aromatic carbocycles. The van der Waals surface area contributed by atoms with E-state index < -0.39 is 0 Å². The van der Waals surface area contributed by atoms with Gasteiger partial charge in [-0.05, 0) is 37.3 Å². The number of benzene rings is 1. The summed E-state index contributed by atoms with van der Waals surface area (Å²) in [5, 5.41) is 16.4. The van der Waals surface area contributed by atoms with E-state index in [1.54, 1.807) is 13.0 Å². The van der Waals surface area contributed by atoms with E-state index in [1.165, 1.54) is 0 Å². The maximum absolute atomic E-state index is 12.3. The number of amides is 1. The zero-order chi connectivity index (χ0) is 14.7. The Kier molecular flexibility index (Phi) is 3.46. The van der Waals surface area contributed by atoms with Gasteiger partial charge in [-0.1, -0.05) is 11.3 Å². The summed E-state index contributed by atoms with van der Waals surface area (Å²) in [5.41, 5.74) is 1.51. The molecule has 7 nitrogen and oxygen atoms in total. The van der Waals surface area contributed by atoms with Crippen LogP contribution in [0.2, 0.25) is 0 Å². The molecule has 0 aliphatic rings. The van der Waals surface area contributed by atoms with E-state index in [9.17, 15) is 4.79 Å². The highest BCUT2D eigenvalue weighted by molar-refractivity contribution is 5.94. The lowest BCUT2D eigenvalue weighted by molar-refractivity contribution is 0.0938. The number of nitrogens with zero attached hydrogens (tertiary/aromatic N) is 4. The first kappa shape index (κ1) is 13.0. The zero-order valence-electron chi connectivity index (χ0n) is 11.4. The Morgan fingerprint density at radius 1 is 1.29 bits per heavy atom. The molecule has 3 rings (SSSR count). The number of hydrogen-bond donors (Lipinski definition) is 2. The fourth-order valence-electron chi connectivity index (χ4n) is 2.01. The maximum Gasteiger partial charge on any atom is 0.251 e. The number of aromatic amines is 1. The molecule has 2 heterocycles. The van der Waals surface area contributed by atoms with Gasteiger partial charge in [0, 0.05) is 23.6 Å². The van der Waals surface area contributed by atoms with Crippen LogP contribution in [-0.2, 0) is 0 Å². The van der Waals surface area contributed by atoms with Crippen molar-refractivity contribution in [3.05, 3.63) is 60.2 Å². The summed E-state index contributed by atoms with van der Waals surface area (Å²) in [6, 6.07) is 11.0. The fourth-order valence-corrected chi connectivity index (χ4v) is 2.01. The van der Waals surface area contributed by atoms with Crippen molar-refractivity contribution in [2.45, 2.75) is 13.0 Å². The number of hydrogen-bond acceptors (Lipinski definition) is 4. The van der Waals surface area contributed by atoms with Crippen molar-refractivity contribution in [1.82, 2.24) is 30.5 Å². The summed E-state index contributed by atoms with van der Waals surface area (Å²) >= 11 is 0. The van der Waals surface area contributed by atoms with Crippen LogP contribution >= 0.6 is 0 Å². The Morgan fingerprint density at radius 2 is 2.10 bits per heavy atom. The molecule has 1 atom stereocenters. The molecule has 0 fully saturated rings. The van der Waals surface area contributed by atoms with Crippen molar-refractivity contribution in [1.29, 1.82) is 0 Å². The average molecular weight is 282 g/mol. The van der Waals surface area contributed by atoms with Crippen LogP contribution < -0.4 is 5.32 Å². The molecule has 0 spiro atoms. The molecule has 21 heavy (non-hydrogen) atoms. The van der Waals surface area contributed by atoms with Crippen LogP contribution in [0.3, 0.4) is 0 Å². The molecule has 0 aliphatic heterocycles. The minimum atomic E-state index is -0.313. The van der Waals surface area contributed by atoms with E-state index >= 15 is 0 Å².